The number of hydrogen-bond acceptors (Lipinski definition) is 19. The molecule has 0 bridgehead atoms. The topological polar surface area (TPSA) is 216 Å². The van der Waals surface area contributed by atoms with E-state index in [9.17, 15) is 19.7 Å². The molecule has 6 saturated heterocycles. The second-order valence-corrected chi connectivity index (χ2v) is 22.2. The van der Waals surface area contributed by atoms with E-state index in [4.69, 9.17) is 71.1 Å². The van der Waals surface area contributed by atoms with Gasteiger partial charge in [0.15, 0.2) is 49.8 Å². The summed E-state index contributed by atoms with van der Waals surface area (Å²) >= 11 is 0. The molecule has 6 fully saturated rings. The molecular weight excluding hydrogens is 1060 g/mol. The number of unbranched alkanes of at least 4 members (excludes halogenated alkanes) is 1. The summed E-state index contributed by atoms with van der Waals surface area (Å²) in [6.45, 7) is 7.67. The van der Waals surface area contributed by atoms with Crippen LogP contribution in [0.1, 0.15) is 80.9 Å². The van der Waals surface area contributed by atoms with Gasteiger partial charge >= 0.3 is 12.1 Å². The van der Waals surface area contributed by atoms with E-state index in [0.717, 1.165) is 27.8 Å². The van der Waals surface area contributed by atoms with Crippen molar-refractivity contribution in [3.8, 4) is 0 Å². The molecule has 0 amide bonds. The van der Waals surface area contributed by atoms with Crippen LogP contribution in [0.15, 0.2) is 146 Å². The molecule has 20 heteroatoms. The number of ether oxygens (including phenoxy) is 15. The number of carbonyl (C=O) groups excluding carboxylic acids is 2. The van der Waals surface area contributed by atoms with Crippen molar-refractivity contribution in [2.24, 2.45) is 5.41 Å². The summed E-state index contributed by atoms with van der Waals surface area (Å²) in [4.78, 5) is 38.4. The van der Waals surface area contributed by atoms with Crippen molar-refractivity contribution < 1.29 is 85.6 Å². The third-order valence-electron chi connectivity index (χ3n) is 15.2. The van der Waals surface area contributed by atoms with Gasteiger partial charge in [-0.3, -0.25) is 14.9 Å². The third-order valence-corrected chi connectivity index (χ3v) is 15.2. The zero-order valence-corrected chi connectivity index (χ0v) is 46.0. The molecule has 5 aromatic rings. The van der Waals surface area contributed by atoms with Crippen LogP contribution in [0.2, 0.25) is 0 Å². The first-order valence-corrected chi connectivity index (χ1v) is 28.0. The number of non-ortho nitro benzene ring substituents is 1. The minimum absolute atomic E-state index is 0.0155. The van der Waals surface area contributed by atoms with E-state index in [0.29, 0.717) is 19.3 Å². The second kappa shape index (κ2) is 26.1. The van der Waals surface area contributed by atoms with E-state index >= 15 is 0 Å². The SMILES string of the molecule is CC1O[C@@H](O[C@@H]2C(OC(=O)C(C)(C)C)[C@H](OCCCCc3ccc([N+](=O)[O-])cc3)OC3COC(c4ccccc4)O[C@@H]32)[C@H]2OC(=O)OC2[C@H]1OC1OC2COC(c3ccccc3)O[C@H]2[C@@H](OCc2ccccc2)C1OCc1ccccc1. The molecule has 0 N–H and O–H groups in total. The summed E-state index contributed by atoms with van der Waals surface area (Å²) in [6, 6.07) is 44.9. The van der Waals surface area contributed by atoms with Gasteiger partial charge in [-0.05, 0) is 63.6 Å². The lowest BCUT2D eigenvalue weighted by molar-refractivity contribution is -0.401. The first-order valence-electron chi connectivity index (χ1n) is 28.0. The van der Waals surface area contributed by atoms with E-state index in [1.54, 1.807) is 39.8 Å². The van der Waals surface area contributed by atoms with Crippen molar-refractivity contribution in [2.75, 3.05) is 19.8 Å². The maximum absolute atomic E-state index is 14.0. The fourth-order valence-electron chi connectivity index (χ4n) is 10.9. The Kier molecular flexibility index (Phi) is 18.3. The monoisotopic (exact) mass is 1130 g/mol. The fourth-order valence-corrected chi connectivity index (χ4v) is 10.9. The Balaban J connectivity index is 0.865. The van der Waals surface area contributed by atoms with E-state index < -0.39 is 127 Å². The summed E-state index contributed by atoms with van der Waals surface area (Å²) in [6.07, 6.45) is -16.0. The molecule has 436 valence electrons. The second-order valence-electron chi connectivity index (χ2n) is 22.2. The Hall–Kier alpha value is -6.24. The smallest absolute Gasteiger partial charge is 0.454 e. The molecule has 11 rings (SSSR count). The normalized spacial score (nSPS) is 32.5. The van der Waals surface area contributed by atoms with Crippen LogP contribution in [0.4, 0.5) is 10.5 Å². The molecule has 82 heavy (non-hydrogen) atoms. The van der Waals surface area contributed by atoms with Gasteiger partial charge in [0.25, 0.3) is 5.69 Å². The number of nitro groups is 1. The molecule has 5 aromatic carbocycles. The number of esters is 1. The van der Waals surface area contributed by atoms with Crippen LogP contribution in [0.3, 0.4) is 0 Å². The molecular formula is C62H69NO19. The zero-order valence-electron chi connectivity index (χ0n) is 46.0. The van der Waals surface area contributed by atoms with Crippen LogP contribution < -0.4 is 0 Å². The van der Waals surface area contributed by atoms with Crippen LogP contribution in [-0.2, 0) is 95.5 Å². The summed E-state index contributed by atoms with van der Waals surface area (Å²) < 4.78 is 98.8. The Morgan fingerprint density at radius 2 is 1.07 bits per heavy atom. The predicted octanol–water partition coefficient (Wildman–Crippen LogP) is 9.16. The van der Waals surface area contributed by atoms with Gasteiger partial charge in [-0.15, -0.1) is 0 Å². The average molecular weight is 1130 g/mol. The van der Waals surface area contributed by atoms with Crippen molar-refractivity contribution in [1.82, 2.24) is 0 Å². The van der Waals surface area contributed by atoms with Gasteiger partial charge in [0, 0.05) is 29.9 Å². The maximum Gasteiger partial charge on any atom is 0.509 e. The minimum Gasteiger partial charge on any atom is -0.454 e. The molecule has 0 aromatic heterocycles. The fraction of sp³-hybridized carbons (Fsp3) is 0.484. The summed E-state index contributed by atoms with van der Waals surface area (Å²) in [7, 11) is 0. The van der Waals surface area contributed by atoms with E-state index in [-0.39, 0.29) is 38.7 Å². The number of carbonyl (C=O) groups is 2. The molecule has 0 aliphatic carbocycles. The highest BCUT2D eigenvalue weighted by molar-refractivity contribution is 5.75. The van der Waals surface area contributed by atoms with Gasteiger partial charge in [-0.25, -0.2) is 4.79 Å². The lowest BCUT2D eigenvalue weighted by Gasteiger charge is -2.51. The number of nitrogens with zero attached hydrogens (tertiary/aromatic N) is 1. The van der Waals surface area contributed by atoms with Crippen molar-refractivity contribution in [2.45, 2.75) is 165 Å². The molecule has 0 spiro atoms. The number of fused-ring (bicyclic) bond motifs is 3. The van der Waals surface area contributed by atoms with Crippen molar-refractivity contribution in [3.63, 3.8) is 0 Å². The highest BCUT2D eigenvalue weighted by Gasteiger charge is 2.61. The summed E-state index contributed by atoms with van der Waals surface area (Å²) in [5, 5.41) is 11.2. The summed E-state index contributed by atoms with van der Waals surface area (Å²) in [5.41, 5.74) is 3.35. The standard InChI is InChI=1S/C62H69NO19/c1-37-46(76-58-52(70-34-40-22-11-6-12-23-40)49(69-33-39-20-9-5-10-21-39)47-44(75-58)35-71-55(77-47)41-24-13-7-14-25-41)50-54(82-61(65)81-50)59(73-37)79-51-48-45(36-72-56(78-48)42-26-15-8-16-27-42)74-57(53(51)80-60(64)62(2,3)4)68-32-18-17-19-38-28-30-43(31-29-38)63(66)67/h5-16,20-31,37,44-59H,17-19,32-36H2,1-4H3/t37?,44?,45?,46-,47+,48-,49+,50?,51-,52?,53?,54-,55?,56?,57+,58?,59-/m0/s1. The molecule has 9 unspecified atom stereocenters. The van der Waals surface area contributed by atoms with Gasteiger partial charge in [-0.1, -0.05) is 133 Å². The van der Waals surface area contributed by atoms with E-state index in [2.05, 4.69) is 0 Å². The van der Waals surface area contributed by atoms with Gasteiger partial charge in [0.05, 0.1) is 42.9 Å². The third kappa shape index (κ3) is 13.5. The Bertz CT molecular complexity index is 2860. The van der Waals surface area contributed by atoms with Crippen LogP contribution in [0, 0.1) is 15.5 Å². The average Bonchev–Trinajstić information content (AvgIpc) is 3.74. The Labute approximate surface area is 475 Å². The van der Waals surface area contributed by atoms with Crippen molar-refractivity contribution >= 4 is 17.8 Å². The van der Waals surface area contributed by atoms with Crippen molar-refractivity contribution in [3.05, 3.63) is 184 Å². The highest BCUT2D eigenvalue weighted by atomic mass is 16.8. The first kappa shape index (κ1) is 57.6. The molecule has 6 heterocycles. The van der Waals surface area contributed by atoms with Gasteiger partial charge in [0.1, 0.15) is 48.8 Å². The Morgan fingerprint density at radius 3 is 1.65 bits per heavy atom. The molecule has 6 aliphatic rings. The molecule has 6 aliphatic heterocycles. The first-order chi connectivity index (χ1) is 39.8. The van der Waals surface area contributed by atoms with Gasteiger partial charge < -0.3 is 71.1 Å². The lowest BCUT2D eigenvalue weighted by atomic mass is 9.94. The quantitative estimate of drug-likeness (QED) is 0.0307. The van der Waals surface area contributed by atoms with Crippen LogP contribution in [0.25, 0.3) is 0 Å². The van der Waals surface area contributed by atoms with E-state index in [1.165, 1.54) is 12.1 Å². The number of aryl methyl sites for hydroxylation is 1. The van der Waals surface area contributed by atoms with E-state index in [1.807, 2.05) is 121 Å². The molecule has 17 atom stereocenters. The van der Waals surface area contributed by atoms with Crippen LogP contribution in [0.5, 0.6) is 0 Å². The largest absolute Gasteiger partial charge is 0.509 e. The Morgan fingerprint density at radius 1 is 0.549 bits per heavy atom. The number of rotatable bonds is 20. The predicted molar refractivity (Wildman–Crippen MR) is 288 cm³/mol. The van der Waals surface area contributed by atoms with Crippen molar-refractivity contribution in [1.29, 1.82) is 0 Å². The zero-order chi connectivity index (χ0) is 56.7. The number of nitro benzene ring substituents is 1. The highest BCUT2D eigenvalue weighted by Crippen LogP contribution is 2.43. The minimum atomic E-state index is -1.35. The van der Waals surface area contributed by atoms with Gasteiger partial charge in [-0.2, -0.15) is 0 Å². The number of hydrogen-bond donors (Lipinski definition) is 0. The summed E-state index contributed by atoms with van der Waals surface area (Å²) in [5.74, 6) is -0.569. The van der Waals surface area contributed by atoms with Crippen LogP contribution in [-0.4, -0.2) is 129 Å². The molecule has 0 radical (unpaired) electrons. The molecule has 0 saturated carbocycles. The van der Waals surface area contributed by atoms with Crippen LogP contribution >= 0.6 is 0 Å². The maximum atomic E-state index is 14.0. The lowest BCUT2D eigenvalue weighted by Crippen LogP contribution is -2.67. The number of benzene rings is 5. The molecule has 20 nitrogen and oxygen atoms in total. The van der Waals surface area contributed by atoms with Gasteiger partial charge in [0.2, 0.25) is 0 Å².